The van der Waals surface area contributed by atoms with Gasteiger partial charge in [0.15, 0.2) is 5.69 Å². The molecule has 1 aromatic heterocycles. The predicted molar refractivity (Wildman–Crippen MR) is 112 cm³/mol. The van der Waals surface area contributed by atoms with Crippen molar-refractivity contribution in [2.45, 2.75) is 45.6 Å². The molecule has 0 N–H and O–H groups in total. The average Bonchev–Trinajstić information content (AvgIpc) is 2.75. The Kier molecular flexibility index (Phi) is 5.43. The van der Waals surface area contributed by atoms with E-state index in [2.05, 4.69) is 12.0 Å². The second kappa shape index (κ2) is 8.15. The molecule has 4 rings (SSSR count). The van der Waals surface area contributed by atoms with Gasteiger partial charge in [-0.3, -0.25) is 9.59 Å². The number of nitrogens with zero attached hydrogens (tertiary/aromatic N) is 3. The number of aromatic nitrogens is 2. The van der Waals surface area contributed by atoms with Crippen molar-refractivity contribution in [3.05, 3.63) is 69.9 Å². The Morgan fingerprint density at radius 2 is 1.90 bits per heavy atom. The molecule has 6 heteroatoms. The molecule has 0 fully saturated rings. The third-order valence-electron chi connectivity index (χ3n) is 5.46. The van der Waals surface area contributed by atoms with Crippen LogP contribution >= 0.6 is 0 Å². The van der Waals surface area contributed by atoms with Crippen LogP contribution in [0, 0.1) is 5.82 Å². The van der Waals surface area contributed by atoms with Gasteiger partial charge in [-0.05, 0) is 37.0 Å². The molecule has 0 bridgehead atoms. The second-order valence-electron chi connectivity index (χ2n) is 7.44. The molecule has 1 amide bonds. The molecule has 3 aromatic rings. The molecule has 29 heavy (non-hydrogen) atoms. The number of hydrogen-bond acceptors (Lipinski definition) is 3. The van der Waals surface area contributed by atoms with Crippen LogP contribution in [0.3, 0.4) is 0 Å². The molecule has 0 atom stereocenters. The molecule has 5 nitrogen and oxygen atoms in total. The van der Waals surface area contributed by atoms with E-state index in [-0.39, 0.29) is 17.2 Å². The highest BCUT2D eigenvalue weighted by Gasteiger charge is 2.29. The van der Waals surface area contributed by atoms with Gasteiger partial charge in [0, 0.05) is 18.5 Å². The summed E-state index contributed by atoms with van der Waals surface area (Å²) < 4.78 is 16.0. The van der Waals surface area contributed by atoms with E-state index in [4.69, 9.17) is 0 Å². The maximum atomic E-state index is 14.6. The van der Waals surface area contributed by atoms with Gasteiger partial charge in [-0.25, -0.2) is 9.07 Å². The van der Waals surface area contributed by atoms with Crippen LogP contribution < -0.4 is 10.5 Å². The minimum Gasteiger partial charge on any atom is -0.304 e. The minimum absolute atomic E-state index is 0.196. The lowest BCUT2D eigenvalue weighted by Gasteiger charge is -2.29. The Hall–Kier alpha value is -3.02. The summed E-state index contributed by atoms with van der Waals surface area (Å²) in [4.78, 5) is 27.8. The first-order valence-electron chi connectivity index (χ1n) is 10.2. The van der Waals surface area contributed by atoms with Gasteiger partial charge in [0.25, 0.3) is 11.5 Å². The van der Waals surface area contributed by atoms with Gasteiger partial charge in [0.05, 0.1) is 11.1 Å². The number of carbonyl (C=O) groups is 1. The van der Waals surface area contributed by atoms with Gasteiger partial charge >= 0.3 is 0 Å². The molecule has 2 aromatic carbocycles. The number of aryl methyl sites for hydroxylation is 2. The molecule has 0 unspecified atom stereocenters. The Balaban J connectivity index is 1.83. The summed E-state index contributed by atoms with van der Waals surface area (Å²) in [6.07, 6.45) is 4.32. The molecule has 1 aliphatic heterocycles. The van der Waals surface area contributed by atoms with E-state index in [0.29, 0.717) is 29.5 Å². The fraction of sp³-hybridized carbons (Fsp3) is 0.348. The highest BCUT2D eigenvalue weighted by atomic mass is 19.1. The van der Waals surface area contributed by atoms with Crippen molar-refractivity contribution >= 4 is 22.4 Å². The lowest BCUT2D eigenvalue weighted by atomic mass is 10.0. The third kappa shape index (κ3) is 3.55. The van der Waals surface area contributed by atoms with Gasteiger partial charge in [-0.1, -0.05) is 50.1 Å². The number of amides is 1. The Labute approximate surface area is 168 Å². The van der Waals surface area contributed by atoms with Crippen LogP contribution in [0.4, 0.5) is 10.1 Å². The number of benzene rings is 2. The Bertz CT molecular complexity index is 1120. The maximum Gasteiger partial charge on any atom is 0.279 e. The molecule has 150 valence electrons. The van der Waals surface area contributed by atoms with Crippen LogP contribution in [0.1, 0.15) is 48.7 Å². The number of fused-ring (bicyclic) bond motifs is 2. The lowest BCUT2D eigenvalue weighted by Crippen LogP contribution is -2.38. The van der Waals surface area contributed by atoms with Gasteiger partial charge in [-0.15, -0.1) is 0 Å². The monoisotopic (exact) mass is 393 g/mol. The van der Waals surface area contributed by atoms with Crippen LogP contribution in [-0.4, -0.2) is 22.2 Å². The van der Waals surface area contributed by atoms with Crippen molar-refractivity contribution in [1.29, 1.82) is 0 Å². The van der Waals surface area contributed by atoms with Crippen molar-refractivity contribution in [1.82, 2.24) is 9.78 Å². The zero-order valence-corrected chi connectivity index (χ0v) is 16.5. The molecule has 0 saturated carbocycles. The third-order valence-corrected chi connectivity index (χ3v) is 5.46. The zero-order valence-electron chi connectivity index (χ0n) is 16.5. The van der Waals surface area contributed by atoms with Gasteiger partial charge in [0.1, 0.15) is 5.82 Å². The number of halogens is 1. The minimum atomic E-state index is -0.406. The molecule has 2 heterocycles. The predicted octanol–water partition coefficient (Wildman–Crippen LogP) is 4.32. The van der Waals surface area contributed by atoms with Gasteiger partial charge in [-0.2, -0.15) is 5.10 Å². The summed E-state index contributed by atoms with van der Waals surface area (Å²) in [6, 6.07) is 11.9. The van der Waals surface area contributed by atoms with Crippen LogP contribution in [0.2, 0.25) is 0 Å². The number of hydrogen-bond donors (Lipinski definition) is 0. The summed E-state index contributed by atoms with van der Waals surface area (Å²) >= 11 is 0. The first-order chi connectivity index (χ1) is 14.1. The molecule has 1 aliphatic rings. The largest absolute Gasteiger partial charge is 0.304 e. The first kappa shape index (κ1) is 19.3. The van der Waals surface area contributed by atoms with E-state index in [9.17, 15) is 14.0 Å². The van der Waals surface area contributed by atoms with E-state index in [1.807, 2.05) is 6.07 Å². The van der Waals surface area contributed by atoms with E-state index in [0.717, 1.165) is 37.7 Å². The van der Waals surface area contributed by atoms with Gasteiger partial charge in [0.2, 0.25) is 0 Å². The van der Waals surface area contributed by atoms with Gasteiger partial charge < -0.3 is 4.90 Å². The lowest BCUT2D eigenvalue weighted by molar-refractivity contribution is 0.0978. The first-order valence-corrected chi connectivity index (χ1v) is 10.2. The average molecular weight is 393 g/mol. The number of anilines is 1. The number of para-hydroxylation sites is 1. The van der Waals surface area contributed by atoms with E-state index in [1.165, 1.54) is 15.6 Å². The fourth-order valence-corrected chi connectivity index (χ4v) is 3.99. The van der Waals surface area contributed by atoms with Crippen LogP contribution in [0.5, 0.6) is 0 Å². The van der Waals surface area contributed by atoms with Crippen molar-refractivity contribution in [3.63, 3.8) is 0 Å². The molecule has 0 spiro atoms. The van der Waals surface area contributed by atoms with E-state index < -0.39 is 5.82 Å². The quantitative estimate of drug-likeness (QED) is 0.607. The Morgan fingerprint density at radius 1 is 1.10 bits per heavy atom. The standard InChI is InChI=1S/C23H24FN3O2/c1-2-3-6-15-27-22(28)18-12-5-4-11-17(18)20(25-27)23(29)26-14-8-10-16-9-7-13-19(24)21(16)26/h4-5,7,9,11-13H,2-3,6,8,10,14-15H2,1H3. The molecule has 0 aliphatic carbocycles. The summed E-state index contributed by atoms with van der Waals surface area (Å²) in [5.74, 6) is -0.771. The highest BCUT2D eigenvalue weighted by molar-refractivity contribution is 6.12. The molecule has 0 radical (unpaired) electrons. The molecular weight excluding hydrogens is 369 g/mol. The smallest absolute Gasteiger partial charge is 0.279 e. The molecular formula is C23H24FN3O2. The summed E-state index contributed by atoms with van der Waals surface area (Å²) in [6.45, 7) is 2.98. The number of unbranched alkanes of at least 4 members (excludes halogenated alkanes) is 2. The number of rotatable bonds is 5. The van der Waals surface area contributed by atoms with Crippen molar-refractivity contribution in [2.24, 2.45) is 0 Å². The van der Waals surface area contributed by atoms with Crippen LogP contribution in [0.25, 0.3) is 10.8 Å². The van der Waals surface area contributed by atoms with Crippen molar-refractivity contribution in [2.75, 3.05) is 11.4 Å². The summed E-state index contributed by atoms with van der Waals surface area (Å²) in [5, 5.41) is 5.42. The zero-order chi connectivity index (χ0) is 20.4. The van der Waals surface area contributed by atoms with E-state index in [1.54, 1.807) is 30.3 Å². The van der Waals surface area contributed by atoms with Crippen LogP contribution in [-0.2, 0) is 13.0 Å². The summed E-state index contributed by atoms with van der Waals surface area (Å²) in [5.41, 5.74) is 1.16. The van der Waals surface area contributed by atoms with Crippen LogP contribution in [0.15, 0.2) is 47.3 Å². The Morgan fingerprint density at radius 3 is 2.69 bits per heavy atom. The topological polar surface area (TPSA) is 55.2 Å². The second-order valence-corrected chi connectivity index (χ2v) is 7.44. The summed E-state index contributed by atoms with van der Waals surface area (Å²) in [7, 11) is 0. The highest BCUT2D eigenvalue weighted by Crippen LogP contribution is 2.31. The fourth-order valence-electron chi connectivity index (χ4n) is 3.99. The van der Waals surface area contributed by atoms with Crippen molar-refractivity contribution < 1.29 is 9.18 Å². The van der Waals surface area contributed by atoms with E-state index >= 15 is 0 Å². The molecule has 0 saturated heterocycles. The SMILES string of the molecule is CCCCCn1nc(C(=O)N2CCCc3cccc(F)c32)c2ccccc2c1=O. The normalized spacial score (nSPS) is 13.5. The van der Waals surface area contributed by atoms with Crippen molar-refractivity contribution in [3.8, 4) is 0 Å². The maximum absolute atomic E-state index is 14.6. The number of carbonyl (C=O) groups excluding carboxylic acids is 1.